The first-order chi connectivity index (χ1) is 19.9. The van der Waals surface area contributed by atoms with Gasteiger partial charge in [0.05, 0.1) is 36.2 Å². The van der Waals surface area contributed by atoms with Crippen LogP contribution in [0, 0.1) is 12.5 Å². The van der Waals surface area contributed by atoms with Crippen LogP contribution >= 0.6 is 11.6 Å². The highest BCUT2D eigenvalue weighted by atomic mass is 35.5. The van der Waals surface area contributed by atoms with Gasteiger partial charge in [-0.15, -0.1) is 0 Å². The number of aryl methyl sites for hydroxylation is 2. The van der Waals surface area contributed by atoms with E-state index in [-0.39, 0.29) is 23.9 Å². The number of pyridine rings is 1. The van der Waals surface area contributed by atoms with Gasteiger partial charge in [-0.1, -0.05) is 43.3 Å². The average molecular weight is 604 g/mol. The Hall–Kier alpha value is -4.24. The second kappa shape index (κ2) is 12.3. The lowest BCUT2D eigenvalue weighted by molar-refractivity contribution is 0.253. The van der Waals surface area contributed by atoms with Gasteiger partial charge < -0.3 is 15.4 Å². The summed E-state index contributed by atoms with van der Waals surface area (Å²) in [5.74, 6) is 1.64. The van der Waals surface area contributed by atoms with Gasteiger partial charge in [-0.3, -0.25) is 4.98 Å². The smallest absolute Gasteiger partial charge is 0.233 e. The van der Waals surface area contributed by atoms with E-state index in [4.69, 9.17) is 22.9 Å². The number of hydrogen-bond acceptors (Lipinski definition) is 8. The van der Waals surface area contributed by atoms with E-state index in [9.17, 15) is 8.42 Å². The molecular formula is C30H30ClN7O3S. The molecule has 2 aromatic heterocycles. The molecule has 1 saturated heterocycles. The van der Waals surface area contributed by atoms with Crippen LogP contribution in [0.25, 0.3) is 4.85 Å². The zero-order valence-corrected chi connectivity index (χ0v) is 23.5. The van der Waals surface area contributed by atoms with Crippen LogP contribution in [-0.4, -0.2) is 47.4 Å². The zero-order chi connectivity index (χ0) is 28.4. The van der Waals surface area contributed by atoms with Crippen molar-refractivity contribution in [1.82, 2.24) is 19.3 Å². The van der Waals surface area contributed by atoms with Gasteiger partial charge in [-0.05, 0) is 54.7 Å². The van der Waals surface area contributed by atoms with E-state index in [0.29, 0.717) is 49.3 Å². The zero-order valence-electron chi connectivity index (χ0n) is 21.9. The van der Waals surface area contributed by atoms with Gasteiger partial charge in [0.2, 0.25) is 21.7 Å². The second-order valence-corrected chi connectivity index (χ2v) is 12.3. The monoisotopic (exact) mass is 603 g/mol. The summed E-state index contributed by atoms with van der Waals surface area (Å²) in [5, 5.41) is 6.85. The van der Waals surface area contributed by atoms with Crippen LogP contribution in [-0.2, 0) is 22.9 Å². The number of hydrogen-bond donors (Lipinski definition) is 2. The summed E-state index contributed by atoms with van der Waals surface area (Å²) < 4.78 is 34.3. The van der Waals surface area contributed by atoms with Gasteiger partial charge in [0.1, 0.15) is 10.8 Å². The fraction of sp³-hybridized carbons (Fsp3) is 0.267. The number of ether oxygens (including phenoxy) is 1. The molecule has 0 spiro atoms. The third kappa shape index (κ3) is 6.16. The van der Waals surface area contributed by atoms with E-state index in [0.717, 1.165) is 34.7 Å². The summed E-state index contributed by atoms with van der Waals surface area (Å²) in [6.07, 6.45) is 7.20. The lowest BCUT2D eigenvalue weighted by Gasteiger charge is -2.19. The molecule has 216 valence electrons. The van der Waals surface area contributed by atoms with Crippen LogP contribution < -0.4 is 15.4 Å². The molecule has 0 aliphatic carbocycles. The predicted molar refractivity (Wildman–Crippen MR) is 163 cm³/mol. The number of benzene rings is 2. The van der Waals surface area contributed by atoms with Gasteiger partial charge in [-0.2, -0.15) is 9.29 Å². The first-order valence-electron chi connectivity index (χ1n) is 13.1. The van der Waals surface area contributed by atoms with Gasteiger partial charge >= 0.3 is 0 Å². The van der Waals surface area contributed by atoms with Crippen molar-refractivity contribution in [1.29, 1.82) is 0 Å². The lowest BCUT2D eigenvalue weighted by Crippen LogP contribution is -2.29. The maximum absolute atomic E-state index is 13.3. The molecule has 4 aromatic rings. The molecule has 4 heterocycles. The number of rotatable bonds is 5. The predicted octanol–water partition coefficient (Wildman–Crippen LogP) is 6.39. The molecule has 0 saturated carbocycles. The van der Waals surface area contributed by atoms with Crippen molar-refractivity contribution in [3.8, 4) is 5.75 Å². The van der Waals surface area contributed by atoms with E-state index >= 15 is 0 Å². The number of para-hydroxylation sites is 1. The number of sulfonamides is 1. The fourth-order valence-electron chi connectivity index (χ4n) is 5.01. The number of halogens is 1. The quantitative estimate of drug-likeness (QED) is 0.252. The maximum atomic E-state index is 13.3. The van der Waals surface area contributed by atoms with Gasteiger partial charge in [0, 0.05) is 30.9 Å². The Morgan fingerprint density at radius 2 is 1.93 bits per heavy atom. The Labute approximate surface area is 250 Å². The highest BCUT2D eigenvalue weighted by Gasteiger charge is 2.34. The van der Waals surface area contributed by atoms with E-state index in [2.05, 4.69) is 30.4 Å². The van der Waals surface area contributed by atoms with Crippen LogP contribution in [0.5, 0.6) is 5.75 Å². The lowest BCUT2D eigenvalue weighted by atomic mass is 10.0. The minimum absolute atomic E-state index is 0. The summed E-state index contributed by atoms with van der Waals surface area (Å²) in [7, 11) is -3.76. The summed E-state index contributed by atoms with van der Waals surface area (Å²) >= 11 is 6.37. The highest BCUT2D eigenvalue weighted by Crippen LogP contribution is 2.33. The van der Waals surface area contributed by atoms with E-state index in [1.807, 2.05) is 30.5 Å². The largest absolute Gasteiger partial charge is 0.493 e. The van der Waals surface area contributed by atoms with Crippen molar-refractivity contribution in [2.24, 2.45) is 5.92 Å². The number of nitrogens with zero attached hydrogens (tertiary/aromatic N) is 5. The van der Waals surface area contributed by atoms with Crippen molar-refractivity contribution in [3.05, 3.63) is 94.7 Å². The maximum Gasteiger partial charge on any atom is 0.233 e. The van der Waals surface area contributed by atoms with E-state index in [1.54, 1.807) is 24.5 Å². The van der Waals surface area contributed by atoms with Crippen LogP contribution in [0.15, 0.2) is 72.0 Å². The standard InChI is InChI=1S/C29H26ClN7O3S.CH4/c1-31-25-4-2-3-5-27(25)41(38,39)37-11-10-20(17-37)18-40-26-9-8-22-13-21(26)7-6-19-12-23(15-32-14-19)35-29-33-16-24(30)28(34-22)36-29;/h2-5,8-9,12-16,20H,6-7,10-11,17-18H2,(H2,33,34,35,36);1H4. The fourth-order valence-corrected chi connectivity index (χ4v) is 6.81. The summed E-state index contributed by atoms with van der Waals surface area (Å²) in [5.41, 5.74) is 3.75. The molecule has 12 heteroatoms. The molecule has 2 aromatic carbocycles. The molecule has 1 fully saturated rings. The third-order valence-electron chi connectivity index (χ3n) is 7.13. The van der Waals surface area contributed by atoms with Gasteiger partial charge in [0.15, 0.2) is 5.82 Å². The Bertz CT molecular complexity index is 1760. The molecule has 1 unspecified atom stereocenters. The van der Waals surface area contributed by atoms with Crippen molar-refractivity contribution in [2.45, 2.75) is 31.6 Å². The molecule has 42 heavy (non-hydrogen) atoms. The first-order valence-corrected chi connectivity index (χ1v) is 14.9. The molecule has 1 atom stereocenters. The number of fused-ring (bicyclic) bond motifs is 6. The van der Waals surface area contributed by atoms with Gasteiger partial charge in [-0.25, -0.2) is 18.2 Å². The molecule has 6 bridgehead atoms. The third-order valence-corrected chi connectivity index (χ3v) is 9.32. The van der Waals surface area contributed by atoms with Crippen LogP contribution in [0.1, 0.15) is 25.0 Å². The molecule has 2 N–H and O–H groups in total. The highest BCUT2D eigenvalue weighted by molar-refractivity contribution is 7.89. The summed E-state index contributed by atoms with van der Waals surface area (Å²) in [4.78, 5) is 16.6. The Balaban J connectivity index is 0.00000353. The van der Waals surface area contributed by atoms with Crippen LogP contribution in [0.2, 0.25) is 5.02 Å². The summed E-state index contributed by atoms with van der Waals surface area (Å²) in [6, 6.07) is 14.2. The van der Waals surface area contributed by atoms with Crippen molar-refractivity contribution in [2.75, 3.05) is 30.3 Å². The van der Waals surface area contributed by atoms with E-state index < -0.39 is 10.0 Å². The Morgan fingerprint density at radius 3 is 2.79 bits per heavy atom. The normalized spacial score (nSPS) is 16.3. The number of anilines is 4. The van der Waals surface area contributed by atoms with Crippen LogP contribution in [0.4, 0.5) is 28.8 Å². The topological polar surface area (TPSA) is 114 Å². The minimum Gasteiger partial charge on any atom is -0.493 e. The average Bonchev–Trinajstić information content (AvgIpc) is 3.47. The molecule has 0 amide bonds. The number of nitrogens with one attached hydrogen (secondary N) is 2. The SMILES string of the molecule is C.[C-]#[N+]c1ccccc1S(=O)(=O)N1CCC(COc2ccc3cc2CCc2cncc(c2)Nc2ncc(Cl)c(n2)N3)C1. The molecule has 10 nitrogen and oxygen atoms in total. The van der Waals surface area contributed by atoms with Crippen LogP contribution in [0.3, 0.4) is 0 Å². The number of aromatic nitrogens is 3. The molecule has 0 radical (unpaired) electrons. The Kier molecular flexibility index (Phi) is 8.59. The Morgan fingerprint density at radius 1 is 1.07 bits per heavy atom. The molecular weight excluding hydrogens is 574 g/mol. The molecule has 2 aliphatic heterocycles. The van der Waals surface area contributed by atoms with Crippen molar-refractivity contribution >= 4 is 50.5 Å². The van der Waals surface area contributed by atoms with E-state index in [1.165, 1.54) is 16.4 Å². The molecule has 6 rings (SSSR count). The van der Waals surface area contributed by atoms with Gasteiger partial charge in [0.25, 0.3) is 0 Å². The summed E-state index contributed by atoms with van der Waals surface area (Å²) in [6.45, 7) is 8.44. The second-order valence-electron chi connectivity index (χ2n) is 9.95. The first kappa shape index (κ1) is 29.3. The minimum atomic E-state index is -3.76. The van der Waals surface area contributed by atoms with Crippen molar-refractivity contribution < 1.29 is 13.2 Å². The van der Waals surface area contributed by atoms with Crippen molar-refractivity contribution in [3.63, 3.8) is 0 Å². The molecule has 2 aliphatic rings.